The van der Waals surface area contributed by atoms with Gasteiger partial charge in [0.2, 0.25) is 5.43 Å². The zero-order chi connectivity index (χ0) is 20.8. The Bertz CT molecular complexity index is 1540. The van der Waals surface area contributed by atoms with E-state index in [0.29, 0.717) is 33.6 Å². The molecule has 5 rings (SSSR count). The van der Waals surface area contributed by atoms with E-state index >= 15 is 0 Å². The Kier molecular flexibility index (Phi) is 4.06. The average molecular weight is 397 g/mol. The topological polar surface area (TPSA) is 56.9 Å². The second-order valence-corrected chi connectivity index (χ2v) is 7.02. The van der Waals surface area contributed by atoms with Crippen LogP contribution in [-0.4, -0.2) is 14.1 Å². The van der Waals surface area contributed by atoms with Crippen LogP contribution in [0.2, 0.25) is 0 Å². The summed E-state index contributed by atoms with van der Waals surface area (Å²) in [5, 5.41) is 0.449. The van der Waals surface area contributed by atoms with Gasteiger partial charge < -0.3 is 4.57 Å². The minimum atomic E-state index is -0.489. The smallest absolute Gasteiger partial charge is 0.271 e. The van der Waals surface area contributed by atoms with Crippen LogP contribution in [0, 0.1) is 5.82 Å². The van der Waals surface area contributed by atoms with Crippen molar-refractivity contribution in [2.75, 3.05) is 0 Å². The monoisotopic (exact) mass is 397 g/mol. The number of rotatable bonds is 2. The number of halogens is 1. The molecule has 0 bridgehead atoms. The first-order chi connectivity index (χ1) is 14.6. The lowest BCUT2D eigenvalue weighted by molar-refractivity contribution is 0.627. The molecular formula is C24H16FN3O2. The molecule has 2 heterocycles. The van der Waals surface area contributed by atoms with Gasteiger partial charge in [-0.3, -0.25) is 14.2 Å². The number of pyridine rings is 1. The van der Waals surface area contributed by atoms with Crippen LogP contribution in [0.3, 0.4) is 0 Å². The molecule has 0 atom stereocenters. The molecule has 3 aromatic carbocycles. The van der Waals surface area contributed by atoms with Gasteiger partial charge in [0.05, 0.1) is 11.2 Å². The Balaban J connectivity index is 2.01. The van der Waals surface area contributed by atoms with Gasteiger partial charge in [0.15, 0.2) is 5.65 Å². The highest BCUT2D eigenvalue weighted by Crippen LogP contribution is 2.23. The van der Waals surface area contributed by atoms with Gasteiger partial charge in [-0.05, 0) is 36.4 Å². The molecule has 0 aliphatic carbocycles. The van der Waals surface area contributed by atoms with Crippen molar-refractivity contribution in [2.45, 2.75) is 0 Å². The highest BCUT2D eigenvalue weighted by molar-refractivity contribution is 5.92. The lowest BCUT2D eigenvalue weighted by atomic mass is 10.1. The van der Waals surface area contributed by atoms with E-state index in [-0.39, 0.29) is 10.8 Å². The van der Waals surface area contributed by atoms with Crippen molar-refractivity contribution in [1.29, 1.82) is 0 Å². The van der Waals surface area contributed by atoms with Crippen molar-refractivity contribution in [3.8, 4) is 17.1 Å². The number of fused-ring (bicyclic) bond motifs is 2. The van der Waals surface area contributed by atoms with Gasteiger partial charge in [-0.1, -0.05) is 42.5 Å². The summed E-state index contributed by atoms with van der Waals surface area (Å²) in [6.45, 7) is 0. The second-order valence-electron chi connectivity index (χ2n) is 7.02. The quantitative estimate of drug-likeness (QED) is 0.423. The molecule has 0 radical (unpaired) electrons. The maximum atomic E-state index is 13.6. The molecule has 0 N–H and O–H groups in total. The van der Waals surface area contributed by atoms with E-state index in [4.69, 9.17) is 4.98 Å². The van der Waals surface area contributed by atoms with Crippen LogP contribution in [0.5, 0.6) is 0 Å². The fraction of sp³-hybridized carbons (Fsp3) is 0.0417. The number of nitrogens with zero attached hydrogens (tertiary/aromatic N) is 3. The van der Waals surface area contributed by atoms with Crippen LogP contribution in [0.25, 0.3) is 39.0 Å². The third-order valence-corrected chi connectivity index (χ3v) is 5.24. The Labute approximate surface area is 170 Å². The van der Waals surface area contributed by atoms with Crippen LogP contribution in [0.15, 0.2) is 88.5 Å². The highest BCUT2D eigenvalue weighted by Gasteiger charge is 2.20. The van der Waals surface area contributed by atoms with E-state index in [1.165, 1.54) is 28.8 Å². The average Bonchev–Trinajstić information content (AvgIpc) is 2.78. The predicted molar refractivity (Wildman–Crippen MR) is 115 cm³/mol. The number of aromatic nitrogens is 3. The Hall–Kier alpha value is -4.06. The highest BCUT2D eigenvalue weighted by atomic mass is 19.1. The summed E-state index contributed by atoms with van der Waals surface area (Å²) in [5.74, 6) is -0.0336. The third-order valence-electron chi connectivity index (χ3n) is 5.24. The Morgan fingerprint density at radius 1 is 0.833 bits per heavy atom. The van der Waals surface area contributed by atoms with Crippen LogP contribution in [0.4, 0.5) is 4.39 Å². The van der Waals surface area contributed by atoms with Crippen LogP contribution < -0.4 is 11.0 Å². The summed E-state index contributed by atoms with van der Waals surface area (Å²) in [5.41, 5.74) is 1.29. The molecule has 146 valence electrons. The Morgan fingerprint density at radius 2 is 1.50 bits per heavy atom. The van der Waals surface area contributed by atoms with Gasteiger partial charge >= 0.3 is 0 Å². The molecule has 0 aliphatic heterocycles. The summed E-state index contributed by atoms with van der Waals surface area (Å²) in [7, 11) is 1.79. The zero-order valence-corrected chi connectivity index (χ0v) is 16.0. The Morgan fingerprint density at radius 3 is 2.23 bits per heavy atom. The number of hydrogen-bond acceptors (Lipinski definition) is 3. The molecule has 5 nitrogen and oxygen atoms in total. The second kappa shape index (κ2) is 6.77. The molecule has 2 aromatic heterocycles. The maximum absolute atomic E-state index is 13.6. The molecule has 0 saturated carbocycles. The molecule has 0 fully saturated rings. The summed E-state index contributed by atoms with van der Waals surface area (Å²) in [4.78, 5) is 31.6. The van der Waals surface area contributed by atoms with Gasteiger partial charge in [0, 0.05) is 18.0 Å². The summed E-state index contributed by atoms with van der Waals surface area (Å²) >= 11 is 0. The molecule has 5 aromatic rings. The van der Waals surface area contributed by atoms with E-state index in [2.05, 4.69) is 0 Å². The van der Waals surface area contributed by atoms with Gasteiger partial charge in [0.1, 0.15) is 17.0 Å². The molecule has 0 aliphatic rings. The fourth-order valence-corrected chi connectivity index (χ4v) is 3.77. The van der Waals surface area contributed by atoms with Gasteiger partial charge in [-0.2, -0.15) is 0 Å². The normalized spacial score (nSPS) is 11.3. The third kappa shape index (κ3) is 2.65. The van der Waals surface area contributed by atoms with E-state index < -0.39 is 11.4 Å². The summed E-state index contributed by atoms with van der Waals surface area (Å²) < 4.78 is 16.6. The number of hydrogen-bond donors (Lipinski definition) is 0. The minimum absolute atomic E-state index is 0.000191. The van der Waals surface area contributed by atoms with Crippen LogP contribution >= 0.6 is 0 Å². The number of aryl methyl sites for hydroxylation is 1. The standard InChI is InChI=1S/C24H16FN3O2/c1-27-19-10-6-5-9-18(19)21(29)20-23(27)26-22(15-7-3-2-4-8-15)28(24(20)30)17-13-11-16(25)12-14-17/h2-14H,1H3. The first-order valence-electron chi connectivity index (χ1n) is 9.42. The lowest BCUT2D eigenvalue weighted by Crippen LogP contribution is -2.28. The first-order valence-corrected chi connectivity index (χ1v) is 9.42. The molecule has 0 unspecified atom stereocenters. The predicted octanol–water partition coefficient (Wildman–Crippen LogP) is 4.04. The van der Waals surface area contributed by atoms with Crippen molar-refractivity contribution in [3.05, 3.63) is 105 Å². The van der Waals surface area contributed by atoms with Gasteiger partial charge in [-0.15, -0.1) is 0 Å². The first kappa shape index (κ1) is 18.0. The molecule has 0 saturated heterocycles. The van der Waals surface area contributed by atoms with Crippen LogP contribution in [-0.2, 0) is 7.05 Å². The molecule has 6 heteroatoms. The molecule has 0 spiro atoms. The number of benzene rings is 3. The number of para-hydroxylation sites is 1. The molecule has 30 heavy (non-hydrogen) atoms. The summed E-state index contributed by atoms with van der Waals surface area (Å²) in [6, 6.07) is 21.9. The molecule has 0 amide bonds. The molecular weight excluding hydrogens is 381 g/mol. The SMILES string of the molecule is Cn1c2ccccc2c(=O)c2c(=O)n(-c3ccc(F)cc3)c(-c3ccccc3)nc21. The van der Waals surface area contributed by atoms with Gasteiger partial charge in [0.25, 0.3) is 5.56 Å². The minimum Gasteiger partial charge on any atom is -0.328 e. The largest absolute Gasteiger partial charge is 0.328 e. The maximum Gasteiger partial charge on any atom is 0.271 e. The van der Waals surface area contributed by atoms with Crippen molar-refractivity contribution in [3.63, 3.8) is 0 Å². The van der Waals surface area contributed by atoms with Crippen LogP contribution in [0.1, 0.15) is 0 Å². The van der Waals surface area contributed by atoms with E-state index in [1.807, 2.05) is 42.5 Å². The fourth-order valence-electron chi connectivity index (χ4n) is 3.77. The van der Waals surface area contributed by atoms with Crippen molar-refractivity contribution < 1.29 is 4.39 Å². The van der Waals surface area contributed by atoms with Crippen molar-refractivity contribution in [2.24, 2.45) is 7.05 Å². The van der Waals surface area contributed by atoms with Crippen molar-refractivity contribution in [1.82, 2.24) is 14.1 Å². The lowest BCUT2D eigenvalue weighted by Gasteiger charge is -2.16. The van der Waals surface area contributed by atoms with E-state index in [1.54, 1.807) is 23.7 Å². The van der Waals surface area contributed by atoms with Crippen molar-refractivity contribution >= 4 is 21.9 Å². The van der Waals surface area contributed by atoms with E-state index in [0.717, 1.165) is 0 Å². The summed E-state index contributed by atoms with van der Waals surface area (Å²) in [6.07, 6.45) is 0. The van der Waals surface area contributed by atoms with E-state index in [9.17, 15) is 14.0 Å². The zero-order valence-electron chi connectivity index (χ0n) is 16.0. The van der Waals surface area contributed by atoms with Gasteiger partial charge in [-0.25, -0.2) is 9.37 Å².